The summed E-state index contributed by atoms with van der Waals surface area (Å²) in [6.07, 6.45) is -5.77. The minimum Gasteiger partial charge on any atom is -0.348 e. The van der Waals surface area contributed by atoms with Crippen molar-refractivity contribution in [1.29, 1.82) is 0 Å². The molecule has 0 saturated heterocycles. The highest BCUT2D eigenvalue weighted by Gasteiger charge is 2.30. The monoisotopic (exact) mass is 318 g/mol. The molecule has 1 amide bonds. The molecule has 9 heteroatoms. The highest BCUT2D eigenvalue weighted by molar-refractivity contribution is 5.76. The first-order chi connectivity index (χ1) is 10.2. The van der Waals surface area contributed by atoms with Crippen LogP contribution in [0.25, 0.3) is 0 Å². The molecule has 1 aromatic heterocycles. The second kappa shape index (κ2) is 5.98. The molecule has 0 atom stereocenters. The van der Waals surface area contributed by atoms with Gasteiger partial charge < -0.3 is 9.80 Å². The fourth-order valence-corrected chi connectivity index (χ4v) is 2.26. The number of rotatable bonds is 3. The summed E-state index contributed by atoms with van der Waals surface area (Å²) in [7, 11) is 3.42. The predicted molar refractivity (Wildman–Crippen MR) is 73.6 cm³/mol. The zero-order valence-corrected chi connectivity index (χ0v) is 12.3. The Kier molecular flexibility index (Phi) is 4.43. The number of halogens is 3. The van der Waals surface area contributed by atoms with Crippen LogP contribution >= 0.6 is 0 Å². The van der Waals surface area contributed by atoms with Crippen LogP contribution in [0.1, 0.15) is 24.1 Å². The van der Waals surface area contributed by atoms with Gasteiger partial charge in [0.05, 0.1) is 18.7 Å². The van der Waals surface area contributed by atoms with Gasteiger partial charge >= 0.3 is 6.18 Å². The van der Waals surface area contributed by atoms with Gasteiger partial charge in [0.2, 0.25) is 11.9 Å². The number of amides is 1. The topological polar surface area (TPSA) is 69.3 Å². The Morgan fingerprint density at radius 1 is 1.41 bits per heavy atom. The lowest BCUT2D eigenvalue weighted by Gasteiger charge is -2.28. The molecule has 0 radical (unpaired) electrons. The van der Waals surface area contributed by atoms with Gasteiger partial charge in [0.25, 0.3) is 5.56 Å². The molecule has 2 rings (SSSR count). The fourth-order valence-electron chi connectivity index (χ4n) is 2.26. The average Bonchev–Trinajstić information content (AvgIpc) is 2.43. The van der Waals surface area contributed by atoms with Crippen molar-refractivity contribution >= 4 is 11.9 Å². The third-order valence-electron chi connectivity index (χ3n) is 3.46. The Bertz CT molecular complexity index is 625. The van der Waals surface area contributed by atoms with Crippen molar-refractivity contribution in [1.82, 2.24) is 14.9 Å². The smallest absolute Gasteiger partial charge is 0.348 e. The summed E-state index contributed by atoms with van der Waals surface area (Å²) in [5.41, 5.74) is 0.667. The summed E-state index contributed by atoms with van der Waals surface area (Å²) in [4.78, 5) is 33.6. The van der Waals surface area contributed by atoms with Crippen LogP contribution in [0.2, 0.25) is 0 Å². The van der Waals surface area contributed by atoms with Gasteiger partial charge in [-0.05, 0) is 6.42 Å². The quantitative estimate of drug-likeness (QED) is 0.905. The van der Waals surface area contributed by atoms with Crippen LogP contribution in [-0.4, -0.2) is 47.6 Å². The van der Waals surface area contributed by atoms with Crippen LogP contribution < -0.4 is 10.5 Å². The number of aromatic amines is 1. The van der Waals surface area contributed by atoms with Crippen molar-refractivity contribution in [2.75, 3.05) is 25.5 Å². The van der Waals surface area contributed by atoms with E-state index >= 15 is 0 Å². The van der Waals surface area contributed by atoms with E-state index < -0.39 is 24.9 Å². The highest BCUT2D eigenvalue weighted by Crippen LogP contribution is 2.23. The molecular weight excluding hydrogens is 301 g/mol. The lowest BCUT2D eigenvalue weighted by atomic mass is 10.1. The van der Waals surface area contributed by atoms with E-state index in [1.54, 1.807) is 19.0 Å². The molecule has 22 heavy (non-hydrogen) atoms. The van der Waals surface area contributed by atoms with Gasteiger partial charge in [-0.2, -0.15) is 13.2 Å². The van der Waals surface area contributed by atoms with E-state index in [4.69, 9.17) is 0 Å². The maximum atomic E-state index is 12.2. The molecule has 0 unspecified atom stereocenters. The summed E-state index contributed by atoms with van der Waals surface area (Å²) < 4.78 is 36.5. The molecule has 1 aliphatic heterocycles. The van der Waals surface area contributed by atoms with E-state index in [2.05, 4.69) is 9.97 Å². The van der Waals surface area contributed by atoms with Crippen LogP contribution in [0.3, 0.4) is 0 Å². The lowest BCUT2D eigenvalue weighted by molar-refractivity contribution is -0.149. The number of anilines is 1. The van der Waals surface area contributed by atoms with Crippen molar-refractivity contribution in [3.63, 3.8) is 0 Å². The van der Waals surface area contributed by atoms with Crippen molar-refractivity contribution in [3.8, 4) is 0 Å². The van der Waals surface area contributed by atoms with Gasteiger partial charge in [0.15, 0.2) is 0 Å². The predicted octanol–water partition coefficient (Wildman–Crippen LogP) is 1.06. The molecule has 6 nitrogen and oxygen atoms in total. The number of carbonyl (C=O) groups is 1. The molecule has 1 aromatic rings. The van der Waals surface area contributed by atoms with E-state index in [1.807, 2.05) is 0 Å². The summed E-state index contributed by atoms with van der Waals surface area (Å²) in [6.45, 7) is 0.298. The van der Waals surface area contributed by atoms with Gasteiger partial charge in [0, 0.05) is 32.6 Å². The first-order valence-electron chi connectivity index (χ1n) is 6.81. The molecule has 0 bridgehead atoms. The molecule has 0 aromatic carbocycles. The normalized spacial score (nSPS) is 14.7. The molecule has 2 heterocycles. The molecule has 0 fully saturated rings. The Labute approximate surface area is 124 Å². The van der Waals surface area contributed by atoms with Gasteiger partial charge in [0.1, 0.15) is 0 Å². The standard InChI is InChI=1S/C13H17F3N4O2/c1-19(2)12-17-9-7-20(6-4-8(9)11(22)18-12)10(21)3-5-13(14,15)16/h3-7H2,1-2H3,(H,17,18,22). The van der Waals surface area contributed by atoms with Gasteiger partial charge in [-0.15, -0.1) is 0 Å². The van der Waals surface area contributed by atoms with E-state index in [9.17, 15) is 22.8 Å². The van der Waals surface area contributed by atoms with Gasteiger partial charge in [-0.3, -0.25) is 14.6 Å². The van der Waals surface area contributed by atoms with Crippen LogP contribution in [0.5, 0.6) is 0 Å². The number of nitrogens with one attached hydrogen (secondary N) is 1. The van der Waals surface area contributed by atoms with Crippen LogP contribution in [0.4, 0.5) is 19.1 Å². The van der Waals surface area contributed by atoms with Crippen molar-refractivity contribution < 1.29 is 18.0 Å². The minimum atomic E-state index is -4.35. The van der Waals surface area contributed by atoms with Crippen LogP contribution in [-0.2, 0) is 17.8 Å². The lowest BCUT2D eigenvalue weighted by Crippen LogP contribution is -2.39. The summed E-state index contributed by atoms with van der Waals surface area (Å²) >= 11 is 0. The number of alkyl halides is 3. The minimum absolute atomic E-state index is 0.0663. The average molecular weight is 318 g/mol. The summed E-state index contributed by atoms with van der Waals surface area (Å²) in [5.74, 6) is -0.218. The molecule has 0 aliphatic carbocycles. The highest BCUT2D eigenvalue weighted by atomic mass is 19.4. The molecule has 0 spiro atoms. The Balaban J connectivity index is 2.13. The molecular formula is C13H17F3N4O2. The van der Waals surface area contributed by atoms with E-state index in [0.717, 1.165) is 0 Å². The largest absolute Gasteiger partial charge is 0.389 e. The second-order valence-electron chi connectivity index (χ2n) is 5.39. The number of hydrogen-bond donors (Lipinski definition) is 1. The Morgan fingerprint density at radius 2 is 2.09 bits per heavy atom. The number of H-pyrrole nitrogens is 1. The van der Waals surface area contributed by atoms with Crippen molar-refractivity contribution in [3.05, 3.63) is 21.6 Å². The van der Waals surface area contributed by atoms with E-state index in [1.165, 1.54) is 4.90 Å². The van der Waals surface area contributed by atoms with E-state index in [0.29, 0.717) is 23.6 Å². The van der Waals surface area contributed by atoms with Crippen molar-refractivity contribution in [2.45, 2.75) is 32.0 Å². The molecule has 122 valence electrons. The van der Waals surface area contributed by atoms with Crippen molar-refractivity contribution in [2.24, 2.45) is 0 Å². The first kappa shape index (κ1) is 16.3. The Hall–Kier alpha value is -2.06. The SMILES string of the molecule is CN(C)c1nc2c(c(=O)[nH]1)CCN(C(=O)CCC(F)(F)F)C2. The number of fused-ring (bicyclic) bond motifs is 1. The molecule has 1 aliphatic rings. The van der Waals surface area contributed by atoms with Gasteiger partial charge in [-0.25, -0.2) is 4.98 Å². The number of carbonyl (C=O) groups excluding carboxylic acids is 1. The molecule has 0 saturated carbocycles. The first-order valence-corrected chi connectivity index (χ1v) is 6.81. The number of aromatic nitrogens is 2. The number of hydrogen-bond acceptors (Lipinski definition) is 4. The molecule has 1 N–H and O–H groups in total. The second-order valence-corrected chi connectivity index (χ2v) is 5.39. The third kappa shape index (κ3) is 3.77. The zero-order chi connectivity index (χ0) is 16.5. The zero-order valence-electron chi connectivity index (χ0n) is 12.3. The van der Waals surface area contributed by atoms with Crippen LogP contribution in [0, 0.1) is 0 Å². The van der Waals surface area contributed by atoms with E-state index in [-0.39, 0.29) is 18.6 Å². The third-order valence-corrected chi connectivity index (χ3v) is 3.46. The summed E-state index contributed by atoms with van der Waals surface area (Å²) in [6, 6.07) is 0. The van der Waals surface area contributed by atoms with Crippen LogP contribution in [0.15, 0.2) is 4.79 Å². The maximum absolute atomic E-state index is 12.2. The number of nitrogens with zero attached hydrogens (tertiary/aromatic N) is 3. The fraction of sp³-hybridized carbons (Fsp3) is 0.615. The van der Waals surface area contributed by atoms with Gasteiger partial charge in [-0.1, -0.05) is 0 Å². The summed E-state index contributed by atoms with van der Waals surface area (Å²) in [5, 5.41) is 0. The Morgan fingerprint density at radius 3 is 2.68 bits per heavy atom. The maximum Gasteiger partial charge on any atom is 0.389 e.